The van der Waals surface area contributed by atoms with Crippen LogP contribution in [0.1, 0.15) is 24.8 Å². The molecule has 0 amide bonds. The van der Waals surface area contributed by atoms with Gasteiger partial charge in [0.05, 0.1) is 0 Å². The van der Waals surface area contributed by atoms with E-state index in [4.69, 9.17) is 4.74 Å². The van der Waals surface area contributed by atoms with E-state index in [1.54, 1.807) is 0 Å². The normalized spacial score (nSPS) is 22.5. The van der Waals surface area contributed by atoms with Crippen LogP contribution in [0.15, 0.2) is 66.2 Å². The molecule has 2 nitrogen and oxygen atoms in total. The molecule has 2 aromatic carbocycles. The molecule has 0 N–H and O–H groups in total. The van der Waals surface area contributed by atoms with Crippen molar-refractivity contribution >= 4 is 30.8 Å². The van der Waals surface area contributed by atoms with Crippen LogP contribution in [0.3, 0.4) is 0 Å². The third kappa shape index (κ3) is 3.64. The number of benzene rings is 2. The van der Waals surface area contributed by atoms with Gasteiger partial charge in [-0.3, -0.25) is 0 Å². The molecule has 1 saturated heterocycles. The summed E-state index contributed by atoms with van der Waals surface area (Å²) in [5.41, 5.74) is 3.29. The molecular weight excluding hydrogens is 375 g/mol. The molecule has 1 aliphatic heterocycles. The molecule has 0 aromatic heterocycles. The molecule has 2 atom stereocenters. The molecule has 25 heavy (non-hydrogen) atoms. The van der Waals surface area contributed by atoms with Gasteiger partial charge in [0.15, 0.2) is 0 Å². The van der Waals surface area contributed by atoms with Crippen molar-refractivity contribution in [3.8, 4) is 0 Å². The van der Waals surface area contributed by atoms with Crippen LogP contribution in [0.4, 0.5) is 0 Å². The Morgan fingerprint density at radius 2 is 1.72 bits per heavy atom. The van der Waals surface area contributed by atoms with Gasteiger partial charge in [-0.15, -0.1) is 0 Å². The van der Waals surface area contributed by atoms with Gasteiger partial charge in [0.2, 0.25) is 0 Å². The zero-order valence-electron chi connectivity index (χ0n) is 14.2. The minimum atomic E-state index is 0.137. The Morgan fingerprint density at radius 1 is 1.00 bits per heavy atom. The van der Waals surface area contributed by atoms with Crippen LogP contribution in [-0.4, -0.2) is 33.5 Å². The first-order chi connectivity index (χ1) is 12.3. The number of ether oxygens (including phenoxy) is 1. The van der Waals surface area contributed by atoms with Crippen molar-refractivity contribution < 1.29 is 9.53 Å². The van der Waals surface area contributed by atoms with E-state index in [2.05, 4.69) is 42.5 Å². The molecule has 2 aromatic rings. The van der Waals surface area contributed by atoms with Gasteiger partial charge in [0, 0.05) is 0 Å². The third-order valence-corrected chi connectivity index (χ3v) is 7.27. The van der Waals surface area contributed by atoms with E-state index in [0.717, 1.165) is 24.0 Å². The third-order valence-electron chi connectivity index (χ3n) is 4.97. The summed E-state index contributed by atoms with van der Waals surface area (Å²) in [6, 6.07) is 20.9. The number of allylic oxidation sites excluding steroid dienone is 1. The predicted octanol–water partition coefficient (Wildman–Crippen LogP) is 3.66. The van der Waals surface area contributed by atoms with Crippen LogP contribution in [-0.2, 0) is 9.53 Å². The van der Waals surface area contributed by atoms with Crippen molar-refractivity contribution in [2.75, 3.05) is 6.61 Å². The first kappa shape index (κ1) is 16.8. The van der Waals surface area contributed by atoms with E-state index in [1.807, 2.05) is 18.2 Å². The summed E-state index contributed by atoms with van der Waals surface area (Å²) in [4.78, 5) is 12.5. The average molecular weight is 397 g/mol. The Balaban J connectivity index is 1.43. The van der Waals surface area contributed by atoms with Crippen LogP contribution in [0.2, 0.25) is 5.32 Å². The van der Waals surface area contributed by atoms with Crippen molar-refractivity contribution in [2.45, 2.75) is 30.7 Å². The molecule has 0 unspecified atom stereocenters. The SMILES string of the molecule is O=C1C[C@@H]2CO[C@@H](CCC[Se]c3ccccc3)C2=C1c1ccccc1. The zero-order valence-corrected chi connectivity index (χ0v) is 15.9. The summed E-state index contributed by atoms with van der Waals surface area (Å²) in [7, 11) is 0. The van der Waals surface area contributed by atoms with Gasteiger partial charge in [0.25, 0.3) is 0 Å². The molecule has 128 valence electrons. The van der Waals surface area contributed by atoms with Crippen LogP contribution >= 0.6 is 0 Å². The molecule has 1 heterocycles. The summed E-state index contributed by atoms with van der Waals surface area (Å²) in [6.07, 6.45) is 2.96. The zero-order chi connectivity index (χ0) is 17.1. The molecule has 1 fully saturated rings. The van der Waals surface area contributed by atoms with Crippen LogP contribution in [0.5, 0.6) is 0 Å². The Kier molecular flexibility index (Phi) is 5.17. The standard InChI is InChI=1S/C22H22O2Se/c23-19-14-17-15-24-20(12-7-13-25-18-10-5-2-6-11-18)22(17)21(19)16-8-3-1-4-9-16/h1-6,8-11,17,20H,7,12-15H2/t17-,20+/m1/s1. The Morgan fingerprint density at radius 3 is 2.48 bits per heavy atom. The number of fused-ring (bicyclic) bond motifs is 1. The first-order valence-electron chi connectivity index (χ1n) is 8.95. The van der Waals surface area contributed by atoms with E-state index in [9.17, 15) is 4.79 Å². The number of ketones is 1. The van der Waals surface area contributed by atoms with Gasteiger partial charge < -0.3 is 0 Å². The topological polar surface area (TPSA) is 26.3 Å². The molecule has 3 heteroatoms. The van der Waals surface area contributed by atoms with E-state index in [1.165, 1.54) is 15.4 Å². The number of hydrogen-bond donors (Lipinski definition) is 0. The first-order valence-corrected chi connectivity index (χ1v) is 11.0. The van der Waals surface area contributed by atoms with Crippen molar-refractivity contribution in [1.82, 2.24) is 0 Å². The average Bonchev–Trinajstić information content (AvgIpc) is 3.18. The summed E-state index contributed by atoms with van der Waals surface area (Å²) < 4.78 is 7.53. The summed E-state index contributed by atoms with van der Waals surface area (Å²) in [6.45, 7) is 0.714. The number of carbonyl (C=O) groups is 1. The molecule has 4 rings (SSSR count). The maximum atomic E-state index is 12.5. The summed E-state index contributed by atoms with van der Waals surface area (Å²) in [5.74, 6) is 0.611. The molecule has 0 radical (unpaired) electrons. The fourth-order valence-electron chi connectivity index (χ4n) is 3.84. The van der Waals surface area contributed by atoms with Gasteiger partial charge >= 0.3 is 155 Å². The number of hydrogen-bond acceptors (Lipinski definition) is 2. The molecule has 2 aliphatic rings. The fraction of sp³-hybridized carbons (Fsp3) is 0.318. The van der Waals surface area contributed by atoms with Gasteiger partial charge in [-0.05, 0) is 0 Å². The number of rotatable bonds is 6. The Bertz CT molecular complexity index is 767. The van der Waals surface area contributed by atoms with E-state index in [0.29, 0.717) is 39.7 Å². The monoisotopic (exact) mass is 398 g/mol. The van der Waals surface area contributed by atoms with Crippen LogP contribution < -0.4 is 4.46 Å². The number of carbonyl (C=O) groups excluding carboxylic acids is 1. The fourth-order valence-corrected chi connectivity index (χ4v) is 5.72. The van der Waals surface area contributed by atoms with Gasteiger partial charge in [-0.25, -0.2) is 0 Å². The van der Waals surface area contributed by atoms with Crippen molar-refractivity contribution in [3.05, 3.63) is 71.8 Å². The van der Waals surface area contributed by atoms with Crippen LogP contribution in [0, 0.1) is 5.92 Å². The summed E-state index contributed by atoms with van der Waals surface area (Å²) >= 11 is 0.529. The van der Waals surface area contributed by atoms with Gasteiger partial charge in [0.1, 0.15) is 0 Å². The van der Waals surface area contributed by atoms with Crippen molar-refractivity contribution in [2.24, 2.45) is 5.92 Å². The quantitative estimate of drug-likeness (QED) is 0.550. The van der Waals surface area contributed by atoms with Crippen LogP contribution in [0.25, 0.3) is 5.57 Å². The van der Waals surface area contributed by atoms with Crippen molar-refractivity contribution in [1.29, 1.82) is 0 Å². The Labute approximate surface area is 155 Å². The molecule has 0 bridgehead atoms. The second kappa shape index (κ2) is 7.70. The predicted molar refractivity (Wildman–Crippen MR) is 102 cm³/mol. The summed E-state index contributed by atoms with van der Waals surface area (Å²) in [5, 5.41) is 1.23. The maximum absolute atomic E-state index is 12.5. The van der Waals surface area contributed by atoms with Gasteiger partial charge in [-0.1, -0.05) is 0 Å². The second-order valence-electron chi connectivity index (χ2n) is 6.65. The molecule has 0 saturated carbocycles. The van der Waals surface area contributed by atoms with E-state index in [-0.39, 0.29) is 6.10 Å². The van der Waals surface area contributed by atoms with Gasteiger partial charge in [-0.2, -0.15) is 0 Å². The molecule has 0 spiro atoms. The molecular formula is C22H22O2Se. The Hall–Kier alpha value is -1.67. The van der Waals surface area contributed by atoms with E-state index < -0.39 is 0 Å². The van der Waals surface area contributed by atoms with Crippen molar-refractivity contribution in [3.63, 3.8) is 0 Å². The molecule has 1 aliphatic carbocycles. The second-order valence-corrected chi connectivity index (χ2v) is 9.10. The minimum absolute atomic E-state index is 0.137. The van der Waals surface area contributed by atoms with E-state index >= 15 is 0 Å². The number of Topliss-reactive ketones (excluding diaryl/α,β-unsaturated/α-hetero) is 1.